The summed E-state index contributed by atoms with van der Waals surface area (Å²) in [7, 11) is 1.87. The molecule has 0 aromatic heterocycles. The molecule has 0 N–H and O–H groups in total. The van der Waals surface area contributed by atoms with Gasteiger partial charge in [0.25, 0.3) is 5.91 Å². The molecule has 0 heterocycles. The number of amides is 1. The van der Waals surface area contributed by atoms with Gasteiger partial charge in [0.15, 0.2) is 0 Å². The zero-order valence-corrected chi connectivity index (χ0v) is 9.73. The average Bonchev–Trinajstić information content (AvgIpc) is 2.28. The molecule has 0 aliphatic heterocycles. The number of hydrogen-bond acceptors (Lipinski definition) is 1. The van der Waals surface area contributed by atoms with Crippen molar-refractivity contribution in [3.63, 3.8) is 0 Å². The summed E-state index contributed by atoms with van der Waals surface area (Å²) >= 11 is 0. The van der Waals surface area contributed by atoms with Crippen LogP contribution in [0.5, 0.6) is 0 Å². The maximum Gasteiger partial charge on any atom is 0.253 e. The SMILES string of the molecule is CCCC(C)N(C)C(=O)c1ccccc1. The Bertz CT molecular complexity index is 308. The molecule has 1 aromatic rings. The maximum atomic E-state index is 12.0. The smallest absolute Gasteiger partial charge is 0.253 e. The van der Waals surface area contributed by atoms with Crippen molar-refractivity contribution in [2.75, 3.05) is 7.05 Å². The highest BCUT2D eigenvalue weighted by Gasteiger charge is 2.15. The molecule has 0 fully saturated rings. The van der Waals surface area contributed by atoms with Crippen molar-refractivity contribution < 1.29 is 4.79 Å². The van der Waals surface area contributed by atoms with Crippen molar-refractivity contribution in [1.29, 1.82) is 0 Å². The second-order valence-electron chi connectivity index (χ2n) is 3.92. The third-order valence-corrected chi connectivity index (χ3v) is 2.71. The number of carbonyl (C=O) groups excluding carboxylic acids is 1. The van der Waals surface area contributed by atoms with E-state index in [-0.39, 0.29) is 5.91 Å². The van der Waals surface area contributed by atoms with Crippen molar-refractivity contribution in [3.8, 4) is 0 Å². The predicted molar refractivity (Wildman–Crippen MR) is 62.9 cm³/mol. The molecule has 2 nitrogen and oxygen atoms in total. The molecular formula is C13H19NO. The van der Waals surface area contributed by atoms with Crippen LogP contribution in [0.3, 0.4) is 0 Å². The molecule has 1 atom stereocenters. The molecule has 15 heavy (non-hydrogen) atoms. The highest BCUT2D eigenvalue weighted by molar-refractivity contribution is 5.94. The molecule has 2 heteroatoms. The molecule has 0 spiro atoms. The van der Waals surface area contributed by atoms with Gasteiger partial charge in [-0.3, -0.25) is 4.79 Å². The van der Waals surface area contributed by atoms with Crippen LogP contribution in [-0.2, 0) is 0 Å². The predicted octanol–water partition coefficient (Wildman–Crippen LogP) is 2.95. The molecule has 1 rings (SSSR count). The topological polar surface area (TPSA) is 20.3 Å². The van der Waals surface area contributed by atoms with Gasteiger partial charge in [-0.15, -0.1) is 0 Å². The van der Waals surface area contributed by atoms with Crippen molar-refractivity contribution in [2.45, 2.75) is 32.7 Å². The molecule has 82 valence electrons. The van der Waals surface area contributed by atoms with Gasteiger partial charge in [-0.05, 0) is 25.5 Å². The van der Waals surface area contributed by atoms with Gasteiger partial charge in [0.05, 0.1) is 0 Å². The normalized spacial score (nSPS) is 12.2. The summed E-state index contributed by atoms with van der Waals surface area (Å²) in [5.41, 5.74) is 0.767. The summed E-state index contributed by atoms with van der Waals surface area (Å²) in [6, 6.07) is 9.74. The van der Waals surface area contributed by atoms with E-state index in [0.29, 0.717) is 6.04 Å². The van der Waals surface area contributed by atoms with Crippen LogP contribution in [0.1, 0.15) is 37.0 Å². The van der Waals surface area contributed by atoms with E-state index in [9.17, 15) is 4.79 Å². The van der Waals surface area contributed by atoms with Crippen LogP contribution >= 0.6 is 0 Å². The van der Waals surface area contributed by atoms with Gasteiger partial charge < -0.3 is 4.90 Å². The lowest BCUT2D eigenvalue weighted by molar-refractivity contribution is 0.0737. The van der Waals surface area contributed by atoms with E-state index in [4.69, 9.17) is 0 Å². The summed E-state index contributed by atoms with van der Waals surface area (Å²) in [6.45, 7) is 4.22. The molecule has 1 unspecified atom stereocenters. The molecule has 0 aliphatic carbocycles. The third kappa shape index (κ3) is 3.08. The van der Waals surface area contributed by atoms with Gasteiger partial charge in [0.2, 0.25) is 0 Å². The summed E-state index contributed by atoms with van der Waals surface area (Å²) < 4.78 is 0. The van der Waals surface area contributed by atoms with Crippen molar-refractivity contribution >= 4 is 5.91 Å². The summed E-state index contributed by atoms with van der Waals surface area (Å²) in [5, 5.41) is 0. The van der Waals surface area contributed by atoms with Gasteiger partial charge in [-0.25, -0.2) is 0 Å². The van der Waals surface area contributed by atoms with E-state index >= 15 is 0 Å². The molecule has 1 aromatic carbocycles. The fourth-order valence-corrected chi connectivity index (χ4v) is 1.60. The van der Waals surface area contributed by atoms with Gasteiger partial charge in [0.1, 0.15) is 0 Å². The van der Waals surface area contributed by atoms with Crippen molar-refractivity contribution in [1.82, 2.24) is 4.90 Å². The average molecular weight is 205 g/mol. The lowest BCUT2D eigenvalue weighted by atomic mass is 10.1. The van der Waals surface area contributed by atoms with E-state index < -0.39 is 0 Å². The molecule has 0 saturated carbocycles. The zero-order chi connectivity index (χ0) is 11.3. The maximum absolute atomic E-state index is 12.0. The standard InChI is InChI=1S/C13H19NO/c1-4-8-11(2)14(3)13(15)12-9-6-5-7-10-12/h5-7,9-11H,4,8H2,1-3H3. The fourth-order valence-electron chi connectivity index (χ4n) is 1.60. The number of benzene rings is 1. The first-order valence-corrected chi connectivity index (χ1v) is 5.49. The Morgan fingerprint density at radius 2 is 1.93 bits per heavy atom. The molecule has 0 radical (unpaired) electrons. The molecule has 0 aliphatic rings. The highest BCUT2D eigenvalue weighted by atomic mass is 16.2. The fraction of sp³-hybridized carbons (Fsp3) is 0.462. The Labute approximate surface area is 91.9 Å². The van der Waals surface area contributed by atoms with E-state index in [0.717, 1.165) is 18.4 Å². The largest absolute Gasteiger partial charge is 0.339 e. The number of carbonyl (C=O) groups is 1. The van der Waals surface area contributed by atoms with E-state index in [1.807, 2.05) is 42.3 Å². The van der Waals surface area contributed by atoms with Crippen LogP contribution < -0.4 is 0 Å². The second-order valence-corrected chi connectivity index (χ2v) is 3.92. The summed E-state index contributed by atoms with van der Waals surface area (Å²) in [6.07, 6.45) is 2.16. The van der Waals surface area contributed by atoms with E-state index in [2.05, 4.69) is 13.8 Å². The first-order valence-electron chi connectivity index (χ1n) is 5.49. The minimum atomic E-state index is 0.108. The molecular weight excluding hydrogens is 186 g/mol. The monoisotopic (exact) mass is 205 g/mol. The molecule has 1 amide bonds. The Balaban J connectivity index is 2.69. The number of hydrogen-bond donors (Lipinski definition) is 0. The Hall–Kier alpha value is -1.31. The Kier molecular flexibility index (Phi) is 4.35. The second kappa shape index (κ2) is 5.54. The van der Waals surface area contributed by atoms with Crippen molar-refractivity contribution in [2.24, 2.45) is 0 Å². The zero-order valence-electron chi connectivity index (χ0n) is 9.73. The Morgan fingerprint density at radius 1 is 1.33 bits per heavy atom. The van der Waals surface area contributed by atoms with Gasteiger partial charge in [-0.1, -0.05) is 31.5 Å². The van der Waals surface area contributed by atoms with Crippen molar-refractivity contribution in [3.05, 3.63) is 35.9 Å². The van der Waals surface area contributed by atoms with E-state index in [1.165, 1.54) is 0 Å². The number of nitrogens with zero attached hydrogens (tertiary/aromatic N) is 1. The van der Waals surface area contributed by atoms with Crippen LogP contribution in [-0.4, -0.2) is 23.9 Å². The van der Waals surface area contributed by atoms with E-state index in [1.54, 1.807) is 0 Å². The highest BCUT2D eigenvalue weighted by Crippen LogP contribution is 2.09. The summed E-state index contributed by atoms with van der Waals surface area (Å²) in [4.78, 5) is 13.8. The van der Waals surface area contributed by atoms with Crippen LogP contribution in [0.2, 0.25) is 0 Å². The van der Waals surface area contributed by atoms with Gasteiger partial charge in [-0.2, -0.15) is 0 Å². The van der Waals surface area contributed by atoms with Gasteiger partial charge >= 0.3 is 0 Å². The van der Waals surface area contributed by atoms with Gasteiger partial charge in [0, 0.05) is 18.7 Å². The van der Waals surface area contributed by atoms with Crippen LogP contribution in [0.15, 0.2) is 30.3 Å². The van der Waals surface area contributed by atoms with Crippen LogP contribution in [0.25, 0.3) is 0 Å². The van der Waals surface area contributed by atoms with Crippen LogP contribution in [0.4, 0.5) is 0 Å². The minimum Gasteiger partial charge on any atom is -0.339 e. The lowest BCUT2D eigenvalue weighted by Gasteiger charge is -2.24. The first kappa shape index (κ1) is 11.8. The molecule has 0 saturated heterocycles. The van der Waals surface area contributed by atoms with Crippen LogP contribution in [0, 0.1) is 0 Å². The molecule has 0 bridgehead atoms. The summed E-state index contributed by atoms with van der Waals surface area (Å²) in [5.74, 6) is 0.108. The number of rotatable bonds is 4. The first-order chi connectivity index (χ1) is 7.16. The lowest BCUT2D eigenvalue weighted by Crippen LogP contribution is -2.34. The Morgan fingerprint density at radius 3 is 2.47 bits per heavy atom. The quantitative estimate of drug-likeness (QED) is 0.740. The third-order valence-electron chi connectivity index (χ3n) is 2.71. The minimum absolute atomic E-state index is 0.108.